The number of ether oxygens (including phenoxy) is 1. The van der Waals surface area contributed by atoms with Gasteiger partial charge in [-0.2, -0.15) is 0 Å². The van der Waals surface area contributed by atoms with Crippen molar-refractivity contribution in [1.82, 2.24) is 0 Å². The molecular formula is C13H17FO. The molecule has 0 heterocycles. The van der Waals surface area contributed by atoms with Crippen molar-refractivity contribution in [2.45, 2.75) is 26.2 Å². The van der Waals surface area contributed by atoms with Crippen LogP contribution in [0.3, 0.4) is 0 Å². The molecule has 0 N–H and O–H groups in total. The van der Waals surface area contributed by atoms with Gasteiger partial charge in [-0.15, -0.1) is 0 Å². The van der Waals surface area contributed by atoms with E-state index in [2.05, 4.69) is 19.1 Å². The number of benzene rings is 1. The Morgan fingerprint density at radius 3 is 2.67 bits per heavy atom. The molecule has 0 aliphatic carbocycles. The van der Waals surface area contributed by atoms with Crippen LogP contribution in [0, 0.1) is 5.82 Å². The standard InChI is InChI=1S/C13H17FO/c1-2-3-4-5-8-11-15-13-10-7-6-9-12(13)14/h4-7,9-10H,2-3,8,11H2,1H3. The third kappa shape index (κ3) is 4.63. The van der Waals surface area contributed by atoms with Crippen molar-refractivity contribution in [3.63, 3.8) is 0 Å². The van der Waals surface area contributed by atoms with Crippen molar-refractivity contribution in [3.05, 3.63) is 42.2 Å². The van der Waals surface area contributed by atoms with Crippen molar-refractivity contribution in [1.29, 1.82) is 0 Å². The lowest BCUT2D eigenvalue weighted by Crippen LogP contribution is -1.97. The van der Waals surface area contributed by atoms with Crippen molar-refractivity contribution < 1.29 is 9.13 Å². The van der Waals surface area contributed by atoms with Crippen LogP contribution >= 0.6 is 0 Å². The fraction of sp³-hybridized carbons (Fsp3) is 0.385. The van der Waals surface area contributed by atoms with Crippen molar-refractivity contribution in [2.24, 2.45) is 0 Å². The largest absolute Gasteiger partial charge is 0.490 e. The molecule has 0 spiro atoms. The third-order valence-corrected chi connectivity index (χ3v) is 2.00. The van der Waals surface area contributed by atoms with Crippen LogP contribution in [0.5, 0.6) is 5.75 Å². The maximum Gasteiger partial charge on any atom is 0.165 e. The molecule has 0 radical (unpaired) electrons. The van der Waals surface area contributed by atoms with Crippen molar-refractivity contribution in [2.75, 3.05) is 6.61 Å². The summed E-state index contributed by atoms with van der Waals surface area (Å²) in [7, 11) is 0. The van der Waals surface area contributed by atoms with E-state index in [1.165, 1.54) is 6.07 Å². The Balaban J connectivity index is 2.23. The zero-order valence-electron chi connectivity index (χ0n) is 9.08. The summed E-state index contributed by atoms with van der Waals surface area (Å²) in [4.78, 5) is 0. The predicted molar refractivity (Wildman–Crippen MR) is 60.6 cm³/mol. The van der Waals surface area contributed by atoms with Gasteiger partial charge in [-0.3, -0.25) is 0 Å². The van der Waals surface area contributed by atoms with Crippen LogP contribution in [0.25, 0.3) is 0 Å². The first kappa shape index (κ1) is 11.8. The molecule has 1 aromatic carbocycles. The smallest absolute Gasteiger partial charge is 0.165 e. The van der Waals surface area contributed by atoms with E-state index in [-0.39, 0.29) is 5.82 Å². The van der Waals surface area contributed by atoms with E-state index in [4.69, 9.17) is 4.74 Å². The van der Waals surface area contributed by atoms with E-state index >= 15 is 0 Å². The maximum atomic E-state index is 13.1. The van der Waals surface area contributed by atoms with Gasteiger partial charge >= 0.3 is 0 Å². The summed E-state index contributed by atoms with van der Waals surface area (Å²) in [5.41, 5.74) is 0. The number of unbranched alkanes of at least 4 members (excludes halogenated alkanes) is 1. The molecule has 1 rings (SSSR count). The number of hydrogen-bond donors (Lipinski definition) is 0. The Hall–Kier alpha value is -1.31. The van der Waals surface area contributed by atoms with Crippen LogP contribution in [0.2, 0.25) is 0 Å². The first-order chi connectivity index (χ1) is 7.34. The molecule has 0 fully saturated rings. The average Bonchev–Trinajstić information content (AvgIpc) is 2.25. The Morgan fingerprint density at radius 1 is 1.20 bits per heavy atom. The molecule has 0 saturated carbocycles. The molecule has 1 aromatic rings. The predicted octanol–water partition coefficient (Wildman–Crippen LogP) is 3.95. The Labute approximate surface area is 90.6 Å². The fourth-order valence-corrected chi connectivity index (χ4v) is 1.20. The molecule has 0 aliphatic rings. The molecule has 82 valence electrons. The molecule has 15 heavy (non-hydrogen) atoms. The molecule has 1 nitrogen and oxygen atoms in total. The average molecular weight is 208 g/mol. The van der Waals surface area contributed by atoms with Crippen LogP contribution in [0.15, 0.2) is 36.4 Å². The molecule has 2 heteroatoms. The van der Waals surface area contributed by atoms with E-state index in [0.717, 1.165) is 19.3 Å². The van der Waals surface area contributed by atoms with Gasteiger partial charge in [-0.1, -0.05) is 37.6 Å². The Morgan fingerprint density at radius 2 is 1.93 bits per heavy atom. The van der Waals surface area contributed by atoms with Gasteiger partial charge in [0.2, 0.25) is 0 Å². The fourth-order valence-electron chi connectivity index (χ4n) is 1.20. The van der Waals surface area contributed by atoms with Gasteiger partial charge in [0.05, 0.1) is 6.61 Å². The Kier molecular flexibility index (Phi) is 5.52. The van der Waals surface area contributed by atoms with Crippen LogP contribution < -0.4 is 4.74 Å². The summed E-state index contributed by atoms with van der Waals surface area (Å²) >= 11 is 0. The molecular weight excluding hydrogens is 191 g/mol. The molecule has 0 saturated heterocycles. The van der Waals surface area contributed by atoms with Gasteiger partial charge in [0, 0.05) is 0 Å². The van der Waals surface area contributed by atoms with Crippen LogP contribution in [0.1, 0.15) is 26.2 Å². The zero-order valence-corrected chi connectivity index (χ0v) is 9.08. The van der Waals surface area contributed by atoms with E-state index in [1.54, 1.807) is 18.2 Å². The monoisotopic (exact) mass is 208 g/mol. The van der Waals surface area contributed by atoms with Gasteiger partial charge < -0.3 is 4.74 Å². The van der Waals surface area contributed by atoms with Gasteiger partial charge in [0.15, 0.2) is 11.6 Å². The third-order valence-electron chi connectivity index (χ3n) is 2.00. The highest BCUT2D eigenvalue weighted by Crippen LogP contribution is 2.15. The number of para-hydroxylation sites is 1. The van der Waals surface area contributed by atoms with E-state index in [1.807, 2.05) is 0 Å². The minimum atomic E-state index is -0.296. The van der Waals surface area contributed by atoms with E-state index in [9.17, 15) is 4.39 Å². The minimum absolute atomic E-state index is 0.296. The lowest BCUT2D eigenvalue weighted by Gasteiger charge is -2.04. The van der Waals surface area contributed by atoms with E-state index < -0.39 is 0 Å². The normalized spacial score (nSPS) is 10.8. The summed E-state index contributed by atoms with van der Waals surface area (Å²) < 4.78 is 18.4. The SMILES string of the molecule is CCCC=CCCOc1ccccc1F. The summed E-state index contributed by atoms with van der Waals surface area (Å²) in [5, 5.41) is 0. The highest BCUT2D eigenvalue weighted by Gasteiger charge is 1.99. The first-order valence-electron chi connectivity index (χ1n) is 5.37. The van der Waals surface area contributed by atoms with Gasteiger partial charge in [0.1, 0.15) is 0 Å². The summed E-state index contributed by atoms with van der Waals surface area (Å²) in [6, 6.07) is 6.47. The van der Waals surface area contributed by atoms with Crippen LogP contribution in [0.4, 0.5) is 4.39 Å². The molecule has 0 atom stereocenters. The lowest BCUT2D eigenvalue weighted by molar-refractivity contribution is 0.308. The second kappa shape index (κ2) is 7.04. The topological polar surface area (TPSA) is 9.23 Å². The van der Waals surface area contributed by atoms with E-state index in [0.29, 0.717) is 12.4 Å². The minimum Gasteiger partial charge on any atom is -0.490 e. The molecule has 0 aromatic heterocycles. The second-order valence-corrected chi connectivity index (χ2v) is 3.33. The molecule has 0 bridgehead atoms. The summed E-state index contributed by atoms with van der Waals surface area (Å²) in [6.45, 7) is 2.67. The van der Waals surface area contributed by atoms with Gasteiger partial charge in [-0.05, 0) is 25.0 Å². The van der Waals surface area contributed by atoms with Gasteiger partial charge in [-0.25, -0.2) is 4.39 Å². The highest BCUT2D eigenvalue weighted by molar-refractivity contribution is 5.23. The maximum absolute atomic E-state index is 13.1. The number of halogens is 1. The van der Waals surface area contributed by atoms with Gasteiger partial charge in [0.25, 0.3) is 0 Å². The Bertz CT molecular complexity index is 307. The lowest BCUT2D eigenvalue weighted by atomic mass is 10.3. The quantitative estimate of drug-likeness (QED) is 0.508. The molecule has 0 amide bonds. The zero-order chi connectivity index (χ0) is 10.9. The molecule has 0 unspecified atom stereocenters. The number of hydrogen-bond acceptors (Lipinski definition) is 1. The van der Waals surface area contributed by atoms with Crippen molar-refractivity contribution in [3.8, 4) is 5.75 Å². The second-order valence-electron chi connectivity index (χ2n) is 3.33. The molecule has 0 aliphatic heterocycles. The summed E-state index contributed by atoms with van der Waals surface area (Å²) in [5.74, 6) is 0.0384. The van der Waals surface area contributed by atoms with Crippen LogP contribution in [-0.4, -0.2) is 6.61 Å². The highest BCUT2D eigenvalue weighted by atomic mass is 19.1. The number of allylic oxidation sites excluding steroid dienone is 1. The number of rotatable bonds is 6. The van der Waals surface area contributed by atoms with Crippen LogP contribution in [-0.2, 0) is 0 Å². The first-order valence-corrected chi connectivity index (χ1v) is 5.37. The summed E-state index contributed by atoms with van der Waals surface area (Å²) in [6.07, 6.45) is 7.29. The van der Waals surface area contributed by atoms with Crippen molar-refractivity contribution >= 4 is 0 Å².